The first kappa shape index (κ1) is 15.1. The average molecular weight is 353 g/mol. The Hall–Kier alpha value is -1.27. The van der Waals surface area contributed by atoms with Crippen molar-refractivity contribution in [2.24, 2.45) is 0 Å². The molecule has 1 aromatic carbocycles. The number of nitrogens with one attached hydrogen (secondary N) is 2. The molecule has 0 amide bonds. The van der Waals surface area contributed by atoms with Crippen LogP contribution in [0.3, 0.4) is 0 Å². The van der Waals surface area contributed by atoms with Crippen LogP contribution in [0.2, 0.25) is 0 Å². The molecular weight excluding hydrogens is 336 g/mol. The second kappa shape index (κ2) is 6.95. The van der Waals surface area contributed by atoms with Crippen molar-refractivity contribution in [2.75, 3.05) is 23.9 Å². The lowest BCUT2D eigenvalue weighted by Crippen LogP contribution is -2.02. The van der Waals surface area contributed by atoms with E-state index in [-0.39, 0.29) is 0 Å². The van der Waals surface area contributed by atoms with Gasteiger partial charge in [0.05, 0.1) is 0 Å². The van der Waals surface area contributed by atoms with Gasteiger partial charge in [0.2, 0.25) is 0 Å². The van der Waals surface area contributed by atoms with Crippen molar-refractivity contribution in [3.63, 3.8) is 0 Å². The standard InChI is InChI=1S/C14H17BrN4S/c1-4-9-7-10(15)5-6-11(9)17-13-8-12(16-2)18-14(19-13)20-3/h5-8H,4H2,1-3H3,(H2,16,17,18,19). The third kappa shape index (κ3) is 3.64. The maximum Gasteiger partial charge on any atom is 0.191 e. The molecule has 0 unspecified atom stereocenters. The molecule has 0 fully saturated rings. The van der Waals surface area contributed by atoms with Crippen LogP contribution in [0.15, 0.2) is 33.9 Å². The van der Waals surface area contributed by atoms with Crippen molar-refractivity contribution in [3.8, 4) is 0 Å². The van der Waals surface area contributed by atoms with Crippen LogP contribution in [0.5, 0.6) is 0 Å². The summed E-state index contributed by atoms with van der Waals surface area (Å²) in [5.74, 6) is 1.60. The zero-order valence-electron chi connectivity index (χ0n) is 11.7. The summed E-state index contributed by atoms with van der Waals surface area (Å²) in [6.45, 7) is 2.14. The number of hydrogen-bond acceptors (Lipinski definition) is 5. The number of rotatable bonds is 5. The van der Waals surface area contributed by atoms with Crippen LogP contribution in [-0.4, -0.2) is 23.3 Å². The van der Waals surface area contributed by atoms with E-state index in [1.807, 2.05) is 25.4 Å². The molecule has 0 atom stereocenters. The van der Waals surface area contributed by atoms with Crippen LogP contribution in [0, 0.1) is 0 Å². The van der Waals surface area contributed by atoms with Gasteiger partial charge in [0.15, 0.2) is 5.16 Å². The Balaban J connectivity index is 2.34. The number of thioether (sulfide) groups is 1. The van der Waals surface area contributed by atoms with E-state index in [0.717, 1.165) is 33.4 Å². The summed E-state index contributed by atoms with van der Waals surface area (Å²) >= 11 is 5.03. The molecule has 2 N–H and O–H groups in total. The maximum absolute atomic E-state index is 4.48. The van der Waals surface area contributed by atoms with Crippen molar-refractivity contribution in [2.45, 2.75) is 18.5 Å². The average Bonchev–Trinajstić information content (AvgIpc) is 2.48. The van der Waals surface area contributed by atoms with E-state index in [1.165, 1.54) is 17.3 Å². The van der Waals surface area contributed by atoms with E-state index in [4.69, 9.17) is 0 Å². The van der Waals surface area contributed by atoms with E-state index in [9.17, 15) is 0 Å². The minimum absolute atomic E-state index is 0.745. The highest BCUT2D eigenvalue weighted by Gasteiger charge is 2.06. The van der Waals surface area contributed by atoms with Gasteiger partial charge in [-0.2, -0.15) is 0 Å². The van der Waals surface area contributed by atoms with Gasteiger partial charge in [0.25, 0.3) is 0 Å². The first-order chi connectivity index (χ1) is 9.66. The Morgan fingerprint density at radius 3 is 2.60 bits per heavy atom. The van der Waals surface area contributed by atoms with Gasteiger partial charge in [0.1, 0.15) is 11.6 Å². The monoisotopic (exact) mass is 352 g/mol. The van der Waals surface area contributed by atoms with Crippen molar-refractivity contribution in [1.29, 1.82) is 0 Å². The molecule has 20 heavy (non-hydrogen) atoms. The topological polar surface area (TPSA) is 49.8 Å². The second-order valence-corrected chi connectivity index (χ2v) is 5.84. The summed E-state index contributed by atoms with van der Waals surface area (Å²) in [5.41, 5.74) is 2.32. The van der Waals surface area contributed by atoms with Crippen molar-refractivity contribution >= 4 is 45.0 Å². The third-order valence-electron chi connectivity index (χ3n) is 2.86. The molecule has 0 saturated heterocycles. The summed E-state index contributed by atoms with van der Waals surface area (Å²) in [7, 11) is 1.85. The van der Waals surface area contributed by atoms with Crippen LogP contribution in [0.25, 0.3) is 0 Å². The predicted molar refractivity (Wildman–Crippen MR) is 90.2 cm³/mol. The predicted octanol–water partition coefficient (Wildman–Crippen LogP) is 4.31. The van der Waals surface area contributed by atoms with Gasteiger partial charge in [-0.1, -0.05) is 34.6 Å². The molecule has 0 bridgehead atoms. The van der Waals surface area contributed by atoms with Crippen molar-refractivity contribution in [3.05, 3.63) is 34.3 Å². The van der Waals surface area contributed by atoms with E-state index in [2.05, 4.69) is 55.6 Å². The van der Waals surface area contributed by atoms with Crippen molar-refractivity contribution in [1.82, 2.24) is 9.97 Å². The van der Waals surface area contributed by atoms with Crippen LogP contribution < -0.4 is 10.6 Å². The molecule has 1 heterocycles. The lowest BCUT2D eigenvalue weighted by molar-refractivity contribution is 0.976. The van der Waals surface area contributed by atoms with Crippen LogP contribution in [-0.2, 0) is 6.42 Å². The highest BCUT2D eigenvalue weighted by Crippen LogP contribution is 2.26. The molecule has 0 aliphatic heterocycles. The Morgan fingerprint density at radius 1 is 1.20 bits per heavy atom. The minimum atomic E-state index is 0.745. The molecular formula is C14H17BrN4S. The highest BCUT2D eigenvalue weighted by molar-refractivity contribution is 9.10. The fourth-order valence-corrected chi connectivity index (χ4v) is 2.61. The molecule has 0 radical (unpaired) electrons. The van der Waals surface area contributed by atoms with E-state index >= 15 is 0 Å². The van der Waals surface area contributed by atoms with Crippen LogP contribution in [0.4, 0.5) is 17.3 Å². The number of nitrogens with zero attached hydrogens (tertiary/aromatic N) is 2. The maximum atomic E-state index is 4.48. The largest absolute Gasteiger partial charge is 0.373 e. The number of halogens is 1. The van der Waals surface area contributed by atoms with E-state index < -0.39 is 0 Å². The molecule has 2 rings (SSSR count). The molecule has 6 heteroatoms. The first-order valence-corrected chi connectivity index (χ1v) is 8.34. The van der Waals surface area contributed by atoms with Gasteiger partial charge < -0.3 is 10.6 Å². The Bertz CT molecular complexity index is 581. The zero-order valence-corrected chi connectivity index (χ0v) is 14.1. The van der Waals surface area contributed by atoms with Gasteiger partial charge in [-0.3, -0.25) is 0 Å². The molecule has 4 nitrogen and oxygen atoms in total. The van der Waals surface area contributed by atoms with Gasteiger partial charge >= 0.3 is 0 Å². The van der Waals surface area contributed by atoms with Gasteiger partial charge in [-0.15, -0.1) is 0 Å². The summed E-state index contributed by atoms with van der Waals surface area (Å²) in [6, 6.07) is 8.11. The third-order valence-corrected chi connectivity index (χ3v) is 3.90. The fourth-order valence-electron chi connectivity index (χ4n) is 1.82. The molecule has 2 aromatic rings. The molecule has 106 valence electrons. The van der Waals surface area contributed by atoms with E-state index in [0.29, 0.717) is 0 Å². The van der Waals surface area contributed by atoms with Gasteiger partial charge in [-0.05, 0) is 36.4 Å². The normalized spacial score (nSPS) is 10.4. The number of aromatic nitrogens is 2. The van der Waals surface area contributed by atoms with E-state index in [1.54, 1.807) is 0 Å². The summed E-state index contributed by atoms with van der Waals surface area (Å²) in [4.78, 5) is 8.84. The first-order valence-electron chi connectivity index (χ1n) is 6.32. The molecule has 0 saturated carbocycles. The lowest BCUT2D eigenvalue weighted by Gasteiger charge is -2.12. The smallest absolute Gasteiger partial charge is 0.191 e. The Kier molecular flexibility index (Phi) is 5.25. The highest BCUT2D eigenvalue weighted by atomic mass is 79.9. The molecule has 0 spiro atoms. The Morgan fingerprint density at radius 2 is 1.95 bits per heavy atom. The zero-order chi connectivity index (χ0) is 14.5. The lowest BCUT2D eigenvalue weighted by atomic mass is 10.1. The SMILES string of the molecule is CCc1cc(Br)ccc1Nc1cc(NC)nc(SC)n1. The van der Waals surface area contributed by atoms with Gasteiger partial charge in [-0.25, -0.2) is 9.97 Å². The Labute approximate surface area is 131 Å². The number of benzene rings is 1. The number of hydrogen-bond donors (Lipinski definition) is 2. The summed E-state index contributed by atoms with van der Waals surface area (Å²) in [6.07, 6.45) is 2.93. The molecule has 0 aliphatic carbocycles. The fraction of sp³-hybridized carbons (Fsp3) is 0.286. The molecule has 1 aromatic heterocycles. The minimum Gasteiger partial charge on any atom is -0.373 e. The summed E-state index contributed by atoms with van der Waals surface area (Å²) < 4.78 is 1.09. The second-order valence-electron chi connectivity index (χ2n) is 4.16. The number of anilines is 3. The summed E-state index contributed by atoms with van der Waals surface area (Å²) in [5, 5.41) is 7.17. The number of aryl methyl sites for hydroxylation is 1. The van der Waals surface area contributed by atoms with Crippen LogP contribution >= 0.6 is 27.7 Å². The quantitative estimate of drug-likeness (QED) is 0.620. The molecule has 0 aliphatic rings. The van der Waals surface area contributed by atoms with Crippen molar-refractivity contribution < 1.29 is 0 Å². The van der Waals surface area contributed by atoms with Gasteiger partial charge in [0, 0.05) is 23.3 Å². The van der Waals surface area contributed by atoms with Crippen LogP contribution in [0.1, 0.15) is 12.5 Å².